The van der Waals surface area contributed by atoms with Gasteiger partial charge in [-0.05, 0) is 31.4 Å². The fraction of sp³-hybridized carbons (Fsp3) is 0.833. The van der Waals surface area contributed by atoms with Gasteiger partial charge < -0.3 is 5.32 Å². The Morgan fingerprint density at radius 3 is 2.76 bits per heavy atom. The molecule has 0 aromatic carbocycles. The van der Waals surface area contributed by atoms with Gasteiger partial charge in [0.05, 0.1) is 5.92 Å². The first-order valence-electron chi connectivity index (χ1n) is 6.47. The van der Waals surface area contributed by atoms with E-state index < -0.39 is 0 Å². The number of carbonyl (C=O) groups is 2. The van der Waals surface area contributed by atoms with E-state index >= 15 is 0 Å². The van der Waals surface area contributed by atoms with Crippen molar-refractivity contribution >= 4 is 24.6 Å². The van der Waals surface area contributed by atoms with Crippen LogP contribution >= 0.6 is 12.6 Å². The van der Waals surface area contributed by atoms with Gasteiger partial charge >= 0.3 is 6.03 Å². The average molecular weight is 256 g/mol. The number of urea groups is 1. The Labute approximate surface area is 108 Å². The van der Waals surface area contributed by atoms with E-state index in [9.17, 15) is 9.59 Å². The molecule has 0 aromatic heterocycles. The molecule has 1 N–H and O–H groups in total. The molecule has 4 nitrogen and oxygen atoms in total. The summed E-state index contributed by atoms with van der Waals surface area (Å²) < 4.78 is 0. The number of nitrogens with one attached hydrogen (secondary N) is 1. The molecule has 1 aliphatic carbocycles. The van der Waals surface area contributed by atoms with E-state index in [0.29, 0.717) is 6.54 Å². The van der Waals surface area contributed by atoms with Gasteiger partial charge in [0.2, 0.25) is 5.91 Å². The summed E-state index contributed by atoms with van der Waals surface area (Å²) in [5.74, 6) is 0.866. The summed E-state index contributed by atoms with van der Waals surface area (Å²) in [6.07, 6.45) is 5.88. The van der Waals surface area contributed by atoms with Gasteiger partial charge in [-0.25, -0.2) is 4.79 Å². The van der Waals surface area contributed by atoms with E-state index in [0.717, 1.165) is 44.3 Å². The Morgan fingerprint density at radius 1 is 1.24 bits per heavy atom. The highest BCUT2D eigenvalue weighted by molar-refractivity contribution is 7.80. The molecule has 2 fully saturated rings. The summed E-state index contributed by atoms with van der Waals surface area (Å²) in [6.45, 7) is 0.536. The maximum atomic E-state index is 12.2. The number of rotatable bonds is 4. The number of hydrogen-bond donors (Lipinski definition) is 2. The van der Waals surface area contributed by atoms with Gasteiger partial charge in [0.15, 0.2) is 0 Å². The molecule has 0 bridgehead atoms. The fourth-order valence-corrected chi connectivity index (χ4v) is 2.95. The minimum atomic E-state index is -0.197. The fourth-order valence-electron chi connectivity index (χ4n) is 2.73. The van der Waals surface area contributed by atoms with Gasteiger partial charge in [-0.1, -0.05) is 12.8 Å². The normalized spacial score (nSPS) is 28.9. The zero-order valence-electron chi connectivity index (χ0n) is 10.0. The number of amides is 3. The Balaban J connectivity index is 1.97. The van der Waals surface area contributed by atoms with Crippen molar-refractivity contribution < 1.29 is 9.59 Å². The van der Waals surface area contributed by atoms with Crippen molar-refractivity contribution in [3.05, 3.63) is 0 Å². The van der Waals surface area contributed by atoms with E-state index in [1.807, 2.05) is 0 Å². The van der Waals surface area contributed by atoms with Gasteiger partial charge in [-0.15, -0.1) is 0 Å². The first-order chi connectivity index (χ1) is 8.24. The first-order valence-corrected chi connectivity index (χ1v) is 7.10. The van der Waals surface area contributed by atoms with Crippen molar-refractivity contribution in [2.45, 2.75) is 44.6 Å². The lowest BCUT2D eigenvalue weighted by atomic mass is 9.82. The molecule has 2 rings (SSSR count). The first kappa shape index (κ1) is 12.7. The standard InChI is InChI=1S/C12H20N2O2S/c15-11-9-5-1-2-6-10(9)13-12(16)14(11)7-3-4-8-17/h9-10,17H,1-8H2,(H,13,16). The molecule has 1 saturated carbocycles. The van der Waals surface area contributed by atoms with Crippen LogP contribution in [0, 0.1) is 5.92 Å². The SMILES string of the molecule is O=C1NC2CCCCC2C(=O)N1CCCCS. The molecule has 5 heteroatoms. The lowest BCUT2D eigenvalue weighted by Gasteiger charge is -2.39. The predicted octanol–water partition coefficient (Wildman–Crippen LogP) is 1.81. The maximum absolute atomic E-state index is 12.2. The Hall–Kier alpha value is -0.710. The van der Waals surface area contributed by atoms with Gasteiger partial charge in [-0.3, -0.25) is 9.69 Å². The van der Waals surface area contributed by atoms with Crippen LogP contribution in [0.3, 0.4) is 0 Å². The number of imide groups is 1. The van der Waals surface area contributed by atoms with Crippen molar-refractivity contribution in [3.8, 4) is 0 Å². The topological polar surface area (TPSA) is 49.4 Å². The number of thiol groups is 1. The number of unbranched alkanes of at least 4 members (excludes halogenated alkanes) is 1. The van der Waals surface area contributed by atoms with Crippen molar-refractivity contribution in [2.75, 3.05) is 12.3 Å². The van der Waals surface area contributed by atoms with Crippen molar-refractivity contribution in [1.29, 1.82) is 0 Å². The molecular formula is C12H20N2O2S. The van der Waals surface area contributed by atoms with Crippen LogP contribution in [0.5, 0.6) is 0 Å². The van der Waals surface area contributed by atoms with Gasteiger partial charge in [-0.2, -0.15) is 12.6 Å². The molecule has 17 heavy (non-hydrogen) atoms. The highest BCUT2D eigenvalue weighted by Gasteiger charge is 2.41. The van der Waals surface area contributed by atoms with Crippen LogP contribution in [0.2, 0.25) is 0 Å². The smallest absolute Gasteiger partial charge is 0.324 e. The van der Waals surface area contributed by atoms with E-state index in [4.69, 9.17) is 0 Å². The Bertz CT molecular complexity index is 309. The highest BCUT2D eigenvalue weighted by Crippen LogP contribution is 2.29. The molecule has 1 heterocycles. The summed E-state index contributed by atoms with van der Waals surface area (Å²) in [6, 6.07) is -0.109. The van der Waals surface area contributed by atoms with Crippen LogP contribution in [-0.4, -0.2) is 35.2 Å². The van der Waals surface area contributed by atoms with Crippen LogP contribution < -0.4 is 5.32 Å². The van der Waals surface area contributed by atoms with Crippen molar-refractivity contribution in [2.24, 2.45) is 5.92 Å². The molecular weight excluding hydrogens is 236 g/mol. The minimum Gasteiger partial charge on any atom is -0.334 e. The molecule has 2 unspecified atom stereocenters. The third-order valence-corrected chi connectivity index (χ3v) is 4.01. The van der Waals surface area contributed by atoms with E-state index in [1.165, 1.54) is 4.90 Å². The van der Waals surface area contributed by atoms with E-state index in [1.54, 1.807) is 0 Å². The van der Waals surface area contributed by atoms with E-state index in [2.05, 4.69) is 17.9 Å². The molecule has 96 valence electrons. The lowest BCUT2D eigenvalue weighted by Crippen LogP contribution is -2.60. The zero-order valence-corrected chi connectivity index (χ0v) is 10.9. The quantitative estimate of drug-likeness (QED) is 0.595. The monoisotopic (exact) mass is 256 g/mol. The highest BCUT2D eigenvalue weighted by atomic mass is 32.1. The molecule has 0 spiro atoms. The largest absolute Gasteiger partial charge is 0.334 e. The van der Waals surface area contributed by atoms with Gasteiger partial charge in [0.25, 0.3) is 0 Å². The summed E-state index contributed by atoms with van der Waals surface area (Å²) >= 11 is 4.13. The second kappa shape index (κ2) is 5.76. The predicted molar refractivity (Wildman–Crippen MR) is 69.1 cm³/mol. The third kappa shape index (κ3) is 2.76. The molecule has 0 aromatic rings. The van der Waals surface area contributed by atoms with Crippen molar-refractivity contribution in [3.63, 3.8) is 0 Å². The average Bonchev–Trinajstić information content (AvgIpc) is 2.33. The molecule has 3 amide bonds. The maximum Gasteiger partial charge on any atom is 0.324 e. The number of carbonyl (C=O) groups excluding carboxylic acids is 2. The molecule has 2 aliphatic rings. The Morgan fingerprint density at radius 2 is 2.00 bits per heavy atom. The lowest BCUT2D eigenvalue weighted by molar-refractivity contribution is -0.136. The number of nitrogens with zero attached hydrogens (tertiary/aromatic N) is 1. The number of hydrogen-bond acceptors (Lipinski definition) is 3. The van der Waals surface area contributed by atoms with Crippen molar-refractivity contribution in [1.82, 2.24) is 10.2 Å². The van der Waals surface area contributed by atoms with Crippen LogP contribution in [0.1, 0.15) is 38.5 Å². The summed E-state index contributed by atoms with van der Waals surface area (Å²) in [4.78, 5) is 25.4. The van der Waals surface area contributed by atoms with Crippen LogP contribution in [0.25, 0.3) is 0 Å². The van der Waals surface area contributed by atoms with Crippen LogP contribution in [-0.2, 0) is 4.79 Å². The van der Waals surface area contributed by atoms with E-state index in [-0.39, 0.29) is 23.9 Å². The summed E-state index contributed by atoms with van der Waals surface area (Å²) in [5, 5.41) is 2.97. The number of fused-ring (bicyclic) bond motifs is 1. The molecule has 1 saturated heterocycles. The third-order valence-electron chi connectivity index (χ3n) is 3.69. The molecule has 0 radical (unpaired) electrons. The Kier molecular flexibility index (Phi) is 4.31. The summed E-state index contributed by atoms with van der Waals surface area (Å²) in [5.41, 5.74) is 0. The second-order valence-corrected chi connectivity index (χ2v) is 5.31. The zero-order chi connectivity index (χ0) is 12.3. The van der Waals surface area contributed by atoms with Gasteiger partial charge in [0, 0.05) is 12.6 Å². The second-order valence-electron chi connectivity index (χ2n) is 4.87. The molecule has 1 aliphatic heterocycles. The summed E-state index contributed by atoms with van der Waals surface area (Å²) in [7, 11) is 0. The van der Waals surface area contributed by atoms with Crippen LogP contribution in [0.4, 0.5) is 4.79 Å². The van der Waals surface area contributed by atoms with Crippen LogP contribution in [0.15, 0.2) is 0 Å². The molecule has 2 atom stereocenters. The van der Waals surface area contributed by atoms with Gasteiger partial charge in [0.1, 0.15) is 0 Å². The minimum absolute atomic E-state index is 0.0254.